The number of para-hydroxylation sites is 1. The zero-order valence-electron chi connectivity index (χ0n) is 20.0. The average molecular weight is 497 g/mol. The van der Waals surface area contributed by atoms with Crippen molar-refractivity contribution < 1.29 is 14.5 Å². The van der Waals surface area contributed by atoms with Crippen LogP contribution in [-0.4, -0.2) is 37.3 Å². The van der Waals surface area contributed by atoms with Gasteiger partial charge in [0.1, 0.15) is 0 Å². The molecule has 0 saturated carbocycles. The van der Waals surface area contributed by atoms with E-state index in [-0.39, 0.29) is 28.8 Å². The number of nitrogens with one attached hydrogen (secondary N) is 2. The molecule has 2 N–H and O–H groups in total. The van der Waals surface area contributed by atoms with E-state index >= 15 is 0 Å². The molecule has 0 unspecified atom stereocenters. The molecule has 2 amide bonds. The number of anilines is 1. The second-order valence-electron chi connectivity index (χ2n) is 8.25. The average Bonchev–Trinajstić information content (AvgIpc) is 3.21. The lowest BCUT2D eigenvalue weighted by Gasteiger charge is -2.21. The zero-order chi connectivity index (χ0) is 25.5. The number of carbonyl (C=O) groups is 2. The summed E-state index contributed by atoms with van der Waals surface area (Å²) in [6.45, 7) is 5.89. The van der Waals surface area contributed by atoms with Crippen LogP contribution in [0, 0.1) is 16.0 Å². The van der Waals surface area contributed by atoms with Crippen molar-refractivity contribution in [3.63, 3.8) is 0 Å². The molecule has 0 aliphatic heterocycles. The van der Waals surface area contributed by atoms with Gasteiger partial charge in [-0.1, -0.05) is 56.8 Å². The Hall–Kier alpha value is -3.73. The fourth-order valence-electron chi connectivity index (χ4n) is 3.50. The summed E-state index contributed by atoms with van der Waals surface area (Å²) < 4.78 is 1.75. The maximum absolute atomic E-state index is 12.8. The summed E-state index contributed by atoms with van der Waals surface area (Å²) in [5.41, 5.74) is 1.88. The van der Waals surface area contributed by atoms with Crippen molar-refractivity contribution in [2.75, 3.05) is 11.1 Å². The zero-order valence-corrected chi connectivity index (χ0v) is 20.8. The summed E-state index contributed by atoms with van der Waals surface area (Å²) in [6.07, 6.45) is 0.814. The number of nitrogens with zero attached hydrogens (tertiary/aromatic N) is 4. The van der Waals surface area contributed by atoms with Crippen molar-refractivity contribution in [1.82, 2.24) is 20.1 Å². The van der Waals surface area contributed by atoms with Crippen LogP contribution < -0.4 is 10.6 Å². The first-order valence-electron chi connectivity index (χ1n) is 11.2. The lowest BCUT2D eigenvalue weighted by molar-refractivity contribution is -0.384. The SMILES string of the molecule is CCc1ccccc1NC(=O)CSc1nnc([C@@H](NC(=O)c2cccc([N+](=O)[O-])c2)C(C)C)n1C. The van der Waals surface area contributed by atoms with Crippen LogP contribution in [0.2, 0.25) is 0 Å². The number of rotatable bonds is 10. The molecule has 0 aliphatic carbocycles. The highest BCUT2D eigenvalue weighted by atomic mass is 32.2. The highest BCUT2D eigenvalue weighted by molar-refractivity contribution is 7.99. The normalized spacial score (nSPS) is 11.8. The molecule has 0 saturated heterocycles. The number of thioether (sulfide) groups is 1. The van der Waals surface area contributed by atoms with Gasteiger partial charge in [-0.15, -0.1) is 10.2 Å². The summed E-state index contributed by atoms with van der Waals surface area (Å²) in [5, 5.41) is 25.9. The van der Waals surface area contributed by atoms with Crippen LogP contribution in [0.15, 0.2) is 53.7 Å². The van der Waals surface area contributed by atoms with E-state index in [1.54, 1.807) is 11.6 Å². The van der Waals surface area contributed by atoms with Crippen molar-refractivity contribution in [3.05, 3.63) is 75.6 Å². The van der Waals surface area contributed by atoms with Crippen molar-refractivity contribution in [2.24, 2.45) is 13.0 Å². The van der Waals surface area contributed by atoms with Crippen LogP contribution in [0.5, 0.6) is 0 Å². The Bertz CT molecular complexity index is 1230. The van der Waals surface area contributed by atoms with E-state index < -0.39 is 16.9 Å². The van der Waals surface area contributed by atoms with Gasteiger partial charge in [0.15, 0.2) is 11.0 Å². The standard InChI is InChI=1S/C24H28N6O4S/c1-5-16-9-6-7-12-19(16)25-20(31)14-35-24-28-27-22(29(24)4)21(15(2)3)26-23(32)17-10-8-11-18(13-17)30(33)34/h6-13,15,21H,5,14H2,1-4H3,(H,25,31)(H,26,32)/t21-/m0/s1. The number of aromatic nitrogens is 3. The Labute approximate surface area is 207 Å². The predicted molar refractivity (Wildman–Crippen MR) is 134 cm³/mol. The fraction of sp³-hybridized carbons (Fsp3) is 0.333. The van der Waals surface area contributed by atoms with Gasteiger partial charge in [0.2, 0.25) is 5.91 Å². The summed E-state index contributed by atoms with van der Waals surface area (Å²) in [7, 11) is 1.77. The van der Waals surface area contributed by atoms with Crippen LogP contribution >= 0.6 is 11.8 Å². The molecule has 0 fully saturated rings. The summed E-state index contributed by atoms with van der Waals surface area (Å²) in [4.78, 5) is 35.8. The van der Waals surface area contributed by atoms with Crippen LogP contribution in [0.3, 0.4) is 0 Å². The van der Waals surface area contributed by atoms with Crippen molar-refractivity contribution in [2.45, 2.75) is 38.4 Å². The molecule has 3 rings (SSSR count). The number of aryl methyl sites for hydroxylation is 1. The largest absolute Gasteiger partial charge is 0.342 e. The number of hydrogen-bond acceptors (Lipinski definition) is 7. The first-order chi connectivity index (χ1) is 16.7. The third-order valence-electron chi connectivity index (χ3n) is 5.42. The molecule has 184 valence electrons. The first kappa shape index (κ1) is 25.9. The lowest BCUT2D eigenvalue weighted by atomic mass is 10.0. The molecule has 0 aliphatic rings. The van der Waals surface area contributed by atoms with Gasteiger partial charge in [-0.25, -0.2) is 0 Å². The van der Waals surface area contributed by atoms with Gasteiger partial charge in [0, 0.05) is 30.4 Å². The smallest absolute Gasteiger partial charge is 0.270 e. The molecule has 3 aromatic rings. The maximum atomic E-state index is 12.8. The fourth-order valence-corrected chi connectivity index (χ4v) is 4.22. The van der Waals surface area contributed by atoms with E-state index in [4.69, 9.17) is 0 Å². The second kappa shape index (κ2) is 11.6. The van der Waals surface area contributed by atoms with Gasteiger partial charge in [-0.2, -0.15) is 0 Å². The third-order valence-corrected chi connectivity index (χ3v) is 6.44. The van der Waals surface area contributed by atoms with Crippen molar-refractivity contribution in [3.8, 4) is 0 Å². The second-order valence-corrected chi connectivity index (χ2v) is 9.19. The topological polar surface area (TPSA) is 132 Å². The molecule has 1 aromatic heterocycles. The minimum absolute atomic E-state index is 0.0350. The lowest BCUT2D eigenvalue weighted by Crippen LogP contribution is -2.33. The number of non-ortho nitro benzene ring substituents is 1. The molecule has 2 aromatic carbocycles. The number of hydrogen-bond donors (Lipinski definition) is 2. The number of amides is 2. The molecule has 11 heteroatoms. The Kier molecular flexibility index (Phi) is 8.58. The molecule has 0 radical (unpaired) electrons. The minimum Gasteiger partial charge on any atom is -0.342 e. The third kappa shape index (κ3) is 6.44. The predicted octanol–water partition coefficient (Wildman–Crippen LogP) is 4.14. The van der Waals surface area contributed by atoms with Crippen LogP contribution in [0.25, 0.3) is 0 Å². The van der Waals surface area contributed by atoms with Gasteiger partial charge in [-0.3, -0.25) is 19.7 Å². The van der Waals surface area contributed by atoms with E-state index in [1.165, 1.54) is 36.0 Å². The van der Waals surface area contributed by atoms with E-state index in [0.29, 0.717) is 11.0 Å². The summed E-state index contributed by atoms with van der Waals surface area (Å²) in [5.74, 6) is 0.0415. The maximum Gasteiger partial charge on any atom is 0.270 e. The van der Waals surface area contributed by atoms with Gasteiger partial charge in [0.05, 0.1) is 16.7 Å². The van der Waals surface area contributed by atoms with E-state index in [1.807, 2.05) is 45.0 Å². The van der Waals surface area contributed by atoms with Gasteiger partial charge >= 0.3 is 0 Å². The summed E-state index contributed by atoms with van der Waals surface area (Å²) in [6, 6.07) is 12.7. The van der Waals surface area contributed by atoms with Crippen LogP contribution in [0.4, 0.5) is 11.4 Å². The number of benzene rings is 2. The molecule has 0 bridgehead atoms. The highest BCUT2D eigenvalue weighted by Crippen LogP contribution is 2.25. The monoisotopic (exact) mass is 496 g/mol. The minimum atomic E-state index is -0.542. The molecule has 1 atom stereocenters. The quantitative estimate of drug-likeness (QED) is 0.245. The Morgan fingerprint density at radius 2 is 1.89 bits per heavy atom. The van der Waals surface area contributed by atoms with Gasteiger partial charge in [-0.05, 0) is 30.0 Å². The number of carbonyl (C=O) groups excluding carboxylic acids is 2. The van der Waals surface area contributed by atoms with E-state index in [2.05, 4.69) is 20.8 Å². The molecule has 1 heterocycles. The van der Waals surface area contributed by atoms with Crippen molar-refractivity contribution in [1.29, 1.82) is 0 Å². The summed E-state index contributed by atoms with van der Waals surface area (Å²) >= 11 is 1.25. The molecule has 35 heavy (non-hydrogen) atoms. The van der Waals surface area contributed by atoms with Gasteiger partial charge < -0.3 is 15.2 Å². The van der Waals surface area contributed by atoms with E-state index in [0.717, 1.165) is 17.7 Å². The first-order valence-corrected chi connectivity index (χ1v) is 12.1. The van der Waals surface area contributed by atoms with Crippen LogP contribution in [0.1, 0.15) is 48.6 Å². The highest BCUT2D eigenvalue weighted by Gasteiger charge is 2.26. The number of nitro benzene ring substituents is 1. The van der Waals surface area contributed by atoms with E-state index in [9.17, 15) is 19.7 Å². The number of nitro groups is 1. The van der Waals surface area contributed by atoms with Crippen molar-refractivity contribution >= 4 is 35.0 Å². The molecule has 10 nitrogen and oxygen atoms in total. The molecule has 0 spiro atoms. The van der Waals surface area contributed by atoms with Gasteiger partial charge in [0.25, 0.3) is 11.6 Å². The molecular weight excluding hydrogens is 468 g/mol. The Morgan fingerprint density at radius 1 is 1.14 bits per heavy atom. The van der Waals surface area contributed by atoms with Crippen LogP contribution in [-0.2, 0) is 18.3 Å². The molecular formula is C24H28N6O4S. The Morgan fingerprint density at radius 3 is 2.57 bits per heavy atom. The Balaban J connectivity index is 1.69.